The Morgan fingerprint density at radius 1 is 1.10 bits per heavy atom. The fourth-order valence-electron chi connectivity index (χ4n) is 1.79. The minimum atomic E-state index is -0.0960. The van der Waals surface area contributed by atoms with E-state index in [-0.39, 0.29) is 11.5 Å². The molecule has 0 fully saturated rings. The number of rotatable bonds is 6. The van der Waals surface area contributed by atoms with Crippen LogP contribution in [0.15, 0.2) is 54.6 Å². The highest BCUT2D eigenvalue weighted by Gasteiger charge is 2.01. The van der Waals surface area contributed by atoms with Crippen LogP contribution in [0.5, 0.6) is 11.5 Å². The van der Waals surface area contributed by atoms with E-state index >= 15 is 0 Å². The number of phenols is 1. The standard InChI is InChI=1S/C18H18O3/c1-2-13-21-17-10-3-14(4-11-17)5-12-18(20)15-6-8-16(19)9-7-15/h3-12,19H,2,13H2,1H3. The average molecular weight is 282 g/mol. The van der Waals surface area contributed by atoms with Crippen molar-refractivity contribution in [3.63, 3.8) is 0 Å². The SMILES string of the molecule is CCCOc1ccc(C=CC(=O)c2ccc(O)cc2)cc1. The van der Waals surface area contributed by atoms with E-state index in [0.717, 1.165) is 17.7 Å². The van der Waals surface area contributed by atoms with Gasteiger partial charge in [-0.3, -0.25) is 4.79 Å². The zero-order chi connectivity index (χ0) is 15.1. The highest BCUT2D eigenvalue weighted by Crippen LogP contribution is 2.15. The van der Waals surface area contributed by atoms with E-state index in [9.17, 15) is 9.90 Å². The molecule has 108 valence electrons. The number of ether oxygens (including phenoxy) is 1. The third kappa shape index (κ3) is 4.49. The van der Waals surface area contributed by atoms with Crippen molar-refractivity contribution in [3.05, 3.63) is 65.7 Å². The number of hydrogen-bond donors (Lipinski definition) is 1. The molecule has 0 heterocycles. The molecular weight excluding hydrogens is 264 g/mol. The summed E-state index contributed by atoms with van der Waals surface area (Å²) in [5, 5.41) is 9.19. The lowest BCUT2D eigenvalue weighted by atomic mass is 10.1. The average Bonchev–Trinajstić information content (AvgIpc) is 2.52. The third-order valence-electron chi connectivity index (χ3n) is 2.93. The lowest BCUT2D eigenvalue weighted by Crippen LogP contribution is -1.94. The van der Waals surface area contributed by atoms with E-state index in [4.69, 9.17) is 4.74 Å². The van der Waals surface area contributed by atoms with Gasteiger partial charge in [0.15, 0.2) is 5.78 Å². The molecule has 0 aliphatic rings. The zero-order valence-corrected chi connectivity index (χ0v) is 12.0. The molecule has 0 radical (unpaired) electrons. The highest BCUT2D eigenvalue weighted by atomic mass is 16.5. The largest absolute Gasteiger partial charge is 0.508 e. The quantitative estimate of drug-likeness (QED) is 0.641. The van der Waals surface area contributed by atoms with Gasteiger partial charge in [-0.05, 0) is 54.5 Å². The second kappa shape index (κ2) is 7.29. The van der Waals surface area contributed by atoms with Crippen molar-refractivity contribution >= 4 is 11.9 Å². The van der Waals surface area contributed by atoms with Crippen LogP contribution >= 0.6 is 0 Å². The maximum absolute atomic E-state index is 11.9. The molecule has 0 unspecified atom stereocenters. The number of hydrogen-bond acceptors (Lipinski definition) is 3. The molecule has 0 saturated heterocycles. The second-order valence-electron chi connectivity index (χ2n) is 4.66. The molecule has 2 aromatic carbocycles. The van der Waals surface area contributed by atoms with Gasteiger partial charge >= 0.3 is 0 Å². The molecule has 0 spiro atoms. The number of ketones is 1. The minimum Gasteiger partial charge on any atom is -0.508 e. The number of carbonyl (C=O) groups excluding carboxylic acids is 1. The van der Waals surface area contributed by atoms with Crippen LogP contribution in [-0.2, 0) is 0 Å². The van der Waals surface area contributed by atoms with E-state index in [2.05, 4.69) is 6.92 Å². The Kier molecular flexibility index (Phi) is 5.16. The molecule has 0 atom stereocenters. The summed E-state index contributed by atoms with van der Waals surface area (Å²) in [6, 6.07) is 13.8. The molecule has 3 nitrogen and oxygen atoms in total. The van der Waals surface area contributed by atoms with Crippen molar-refractivity contribution in [2.24, 2.45) is 0 Å². The Morgan fingerprint density at radius 2 is 1.76 bits per heavy atom. The van der Waals surface area contributed by atoms with Crippen LogP contribution in [0.4, 0.5) is 0 Å². The Balaban J connectivity index is 2.00. The first-order valence-corrected chi connectivity index (χ1v) is 6.93. The van der Waals surface area contributed by atoms with Gasteiger partial charge in [-0.1, -0.05) is 25.1 Å². The zero-order valence-electron chi connectivity index (χ0n) is 12.0. The van der Waals surface area contributed by atoms with Crippen LogP contribution < -0.4 is 4.74 Å². The predicted molar refractivity (Wildman–Crippen MR) is 83.7 cm³/mol. The van der Waals surface area contributed by atoms with Crippen molar-refractivity contribution in [2.45, 2.75) is 13.3 Å². The van der Waals surface area contributed by atoms with Crippen molar-refractivity contribution in [2.75, 3.05) is 6.61 Å². The van der Waals surface area contributed by atoms with E-state index in [0.29, 0.717) is 12.2 Å². The maximum Gasteiger partial charge on any atom is 0.185 e. The Bertz CT molecular complexity index is 610. The summed E-state index contributed by atoms with van der Waals surface area (Å²) in [6.45, 7) is 2.76. The van der Waals surface area contributed by atoms with Crippen LogP contribution in [0.3, 0.4) is 0 Å². The number of benzene rings is 2. The topological polar surface area (TPSA) is 46.5 Å². The Labute approximate surface area is 124 Å². The van der Waals surface area contributed by atoms with Crippen LogP contribution in [0.2, 0.25) is 0 Å². The molecule has 21 heavy (non-hydrogen) atoms. The summed E-state index contributed by atoms with van der Waals surface area (Å²) in [6.07, 6.45) is 4.26. The Morgan fingerprint density at radius 3 is 2.38 bits per heavy atom. The number of allylic oxidation sites excluding steroid dienone is 1. The van der Waals surface area contributed by atoms with E-state index in [1.165, 1.54) is 18.2 Å². The van der Waals surface area contributed by atoms with Crippen LogP contribution in [0.25, 0.3) is 6.08 Å². The smallest absolute Gasteiger partial charge is 0.185 e. The molecule has 0 bridgehead atoms. The first-order chi connectivity index (χ1) is 10.2. The van der Waals surface area contributed by atoms with Crippen molar-refractivity contribution < 1.29 is 14.6 Å². The lowest BCUT2D eigenvalue weighted by molar-refractivity contribution is 0.104. The lowest BCUT2D eigenvalue weighted by Gasteiger charge is -2.04. The third-order valence-corrected chi connectivity index (χ3v) is 2.93. The molecule has 0 amide bonds. The van der Waals surface area contributed by atoms with Gasteiger partial charge in [0.1, 0.15) is 11.5 Å². The molecule has 0 aliphatic heterocycles. The summed E-state index contributed by atoms with van der Waals surface area (Å²) in [5.41, 5.74) is 1.48. The van der Waals surface area contributed by atoms with Gasteiger partial charge in [0.25, 0.3) is 0 Å². The molecular formula is C18H18O3. The van der Waals surface area contributed by atoms with Crippen LogP contribution in [0.1, 0.15) is 29.3 Å². The summed E-state index contributed by atoms with van der Waals surface area (Å²) in [5.74, 6) is 0.887. The molecule has 1 N–H and O–H groups in total. The number of aromatic hydroxyl groups is 1. The summed E-state index contributed by atoms with van der Waals surface area (Å²) < 4.78 is 5.50. The number of carbonyl (C=O) groups is 1. The summed E-state index contributed by atoms with van der Waals surface area (Å²) in [4.78, 5) is 11.9. The molecule has 2 rings (SSSR count). The monoisotopic (exact) mass is 282 g/mol. The van der Waals surface area contributed by atoms with E-state index < -0.39 is 0 Å². The fraction of sp³-hybridized carbons (Fsp3) is 0.167. The van der Waals surface area contributed by atoms with Gasteiger partial charge < -0.3 is 9.84 Å². The van der Waals surface area contributed by atoms with Gasteiger partial charge in [0.05, 0.1) is 6.61 Å². The molecule has 0 saturated carbocycles. The highest BCUT2D eigenvalue weighted by molar-refractivity contribution is 6.06. The van der Waals surface area contributed by atoms with E-state index in [1.54, 1.807) is 18.2 Å². The number of phenolic OH excluding ortho intramolecular Hbond substituents is 1. The summed E-state index contributed by atoms with van der Waals surface area (Å²) in [7, 11) is 0. The minimum absolute atomic E-state index is 0.0960. The molecule has 0 aliphatic carbocycles. The van der Waals surface area contributed by atoms with Crippen molar-refractivity contribution in [1.29, 1.82) is 0 Å². The van der Waals surface area contributed by atoms with Crippen LogP contribution in [-0.4, -0.2) is 17.5 Å². The first-order valence-electron chi connectivity index (χ1n) is 6.93. The van der Waals surface area contributed by atoms with Gasteiger partial charge in [-0.25, -0.2) is 0 Å². The van der Waals surface area contributed by atoms with Crippen molar-refractivity contribution in [3.8, 4) is 11.5 Å². The second-order valence-corrected chi connectivity index (χ2v) is 4.66. The van der Waals surface area contributed by atoms with Gasteiger partial charge in [-0.2, -0.15) is 0 Å². The molecule has 0 aromatic heterocycles. The van der Waals surface area contributed by atoms with E-state index in [1.807, 2.05) is 24.3 Å². The first kappa shape index (κ1) is 14.9. The van der Waals surface area contributed by atoms with Gasteiger partial charge in [-0.15, -0.1) is 0 Å². The van der Waals surface area contributed by atoms with Gasteiger partial charge in [0.2, 0.25) is 0 Å². The van der Waals surface area contributed by atoms with Crippen molar-refractivity contribution in [1.82, 2.24) is 0 Å². The fourth-order valence-corrected chi connectivity index (χ4v) is 1.79. The predicted octanol–water partition coefficient (Wildman–Crippen LogP) is 4.08. The maximum atomic E-state index is 11.9. The normalized spacial score (nSPS) is 10.7. The molecule has 2 aromatic rings. The Hall–Kier alpha value is -2.55. The summed E-state index contributed by atoms with van der Waals surface area (Å²) >= 11 is 0. The van der Waals surface area contributed by atoms with Crippen LogP contribution in [0, 0.1) is 0 Å². The van der Waals surface area contributed by atoms with Gasteiger partial charge in [0, 0.05) is 5.56 Å². The molecule has 3 heteroatoms.